The van der Waals surface area contributed by atoms with Crippen LogP contribution in [0.15, 0.2) is 0 Å². The van der Waals surface area contributed by atoms with Crippen LogP contribution in [0.4, 0.5) is 4.79 Å². The minimum Gasteiger partial charge on any atom is -0.385 e. The van der Waals surface area contributed by atoms with Gasteiger partial charge in [-0.1, -0.05) is 0 Å². The maximum absolute atomic E-state index is 12.2. The fourth-order valence-corrected chi connectivity index (χ4v) is 2.62. The average molecular weight is 284 g/mol. The second-order valence-electron chi connectivity index (χ2n) is 5.24. The van der Waals surface area contributed by atoms with Gasteiger partial charge in [-0.25, -0.2) is 4.79 Å². The average Bonchev–Trinajstić information content (AvgIpc) is 2.94. The van der Waals surface area contributed by atoms with Crippen molar-refractivity contribution >= 4 is 17.8 Å². The van der Waals surface area contributed by atoms with Gasteiger partial charge < -0.3 is 20.7 Å². The zero-order valence-corrected chi connectivity index (χ0v) is 11.5. The lowest BCUT2D eigenvalue weighted by molar-refractivity contribution is -0.132. The number of hydrogen-bond donors (Lipinski definition) is 3. The quantitative estimate of drug-likeness (QED) is 0.422. The Labute approximate surface area is 117 Å². The lowest BCUT2D eigenvalue weighted by atomic mass is 9.99. The smallest absolute Gasteiger partial charge is 0.322 e. The molecule has 8 heteroatoms. The van der Waals surface area contributed by atoms with Crippen LogP contribution in [0.2, 0.25) is 0 Å². The van der Waals surface area contributed by atoms with Gasteiger partial charge in [0.1, 0.15) is 5.54 Å². The first-order valence-electron chi connectivity index (χ1n) is 6.65. The first kappa shape index (κ1) is 14.7. The minimum atomic E-state index is -0.973. The number of nitrogens with zero attached hydrogens (tertiary/aromatic N) is 1. The highest BCUT2D eigenvalue weighted by molar-refractivity contribution is 6.07. The summed E-state index contributed by atoms with van der Waals surface area (Å²) < 4.78 is 4.92. The van der Waals surface area contributed by atoms with Crippen molar-refractivity contribution in [3.8, 4) is 0 Å². The Hall–Kier alpha value is -1.67. The van der Waals surface area contributed by atoms with Gasteiger partial charge in [0.25, 0.3) is 5.91 Å². The molecule has 2 aliphatic heterocycles. The van der Waals surface area contributed by atoms with Crippen molar-refractivity contribution in [3.05, 3.63) is 0 Å². The van der Waals surface area contributed by atoms with E-state index in [0.29, 0.717) is 32.4 Å². The van der Waals surface area contributed by atoms with E-state index in [9.17, 15) is 14.4 Å². The van der Waals surface area contributed by atoms with Crippen LogP contribution in [0.5, 0.6) is 0 Å². The van der Waals surface area contributed by atoms with Crippen LogP contribution in [0.1, 0.15) is 19.3 Å². The van der Waals surface area contributed by atoms with Crippen molar-refractivity contribution in [2.24, 2.45) is 5.73 Å². The topological polar surface area (TPSA) is 114 Å². The van der Waals surface area contributed by atoms with Crippen LogP contribution < -0.4 is 16.4 Å². The first-order valence-corrected chi connectivity index (χ1v) is 6.65. The van der Waals surface area contributed by atoms with Crippen LogP contribution in [0.3, 0.4) is 0 Å². The molecule has 2 rings (SSSR count). The van der Waals surface area contributed by atoms with Crippen molar-refractivity contribution in [1.82, 2.24) is 15.5 Å². The minimum absolute atomic E-state index is 0.182. The number of urea groups is 1. The molecule has 2 aliphatic rings. The molecular formula is C12H20N4O4. The summed E-state index contributed by atoms with van der Waals surface area (Å²) in [6.45, 7) is 1.16. The molecule has 2 fully saturated rings. The second-order valence-corrected chi connectivity index (χ2v) is 5.24. The van der Waals surface area contributed by atoms with E-state index >= 15 is 0 Å². The van der Waals surface area contributed by atoms with Gasteiger partial charge in [0.2, 0.25) is 5.91 Å². The standard InChI is InChI=1S/C12H20N4O4/c1-20-6-2-3-8(13)9(17)16-5-4-12(7-16)10(18)14-11(19)15-12/h8H,2-7,13H2,1H3,(H2,14,15,18,19). The van der Waals surface area contributed by atoms with E-state index in [4.69, 9.17) is 10.5 Å². The van der Waals surface area contributed by atoms with E-state index in [2.05, 4.69) is 10.6 Å². The van der Waals surface area contributed by atoms with Crippen molar-refractivity contribution in [2.75, 3.05) is 26.8 Å². The van der Waals surface area contributed by atoms with Crippen LogP contribution >= 0.6 is 0 Å². The number of carbonyl (C=O) groups excluding carboxylic acids is 3. The highest BCUT2D eigenvalue weighted by atomic mass is 16.5. The summed E-state index contributed by atoms with van der Waals surface area (Å²) in [6, 6.07) is -1.10. The Morgan fingerprint density at radius 1 is 1.55 bits per heavy atom. The van der Waals surface area contributed by atoms with E-state index < -0.39 is 17.6 Å². The normalized spacial score (nSPS) is 26.8. The third-order valence-corrected chi connectivity index (χ3v) is 3.78. The third-order valence-electron chi connectivity index (χ3n) is 3.78. The molecule has 0 saturated carbocycles. The Morgan fingerprint density at radius 2 is 2.30 bits per heavy atom. The van der Waals surface area contributed by atoms with E-state index in [1.807, 2.05) is 0 Å². The first-order chi connectivity index (χ1) is 9.48. The molecule has 20 heavy (non-hydrogen) atoms. The van der Waals surface area contributed by atoms with Gasteiger partial charge in [-0.3, -0.25) is 14.9 Å². The summed E-state index contributed by atoms with van der Waals surface area (Å²) in [5.74, 6) is -0.558. The molecule has 4 amide bonds. The maximum atomic E-state index is 12.2. The van der Waals surface area contributed by atoms with Crippen molar-refractivity contribution in [1.29, 1.82) is 0 Å². The monoisotopic (exact) mass is 284 g/mol. The van der Waals surface area contributed by atoms with Gasteiger partial charge in [-0.05, 0) is 19.3 Å². The molecule has 112 valence electrons. The molecule has 2 unspecified atom stereocenters. The van der Waals surface area contributed by atoms with Gasteiger partial charge in [0.15, 0.2) is 0 Å². The van der Waals surface area contributed by atoms with E-state index in [-0.39, 0.29) is 18.4 Å². The van der Waals surface area contributed by atoms with Gasteiger partial charge in [-0.2, -0.15) is 0 Å². The number of methoxy groups -OCH3 is 1. The van der Waals surface area contributed by atoms with E-state index in [1.54, 1.807) is 12.0 Å². The second kappa shape index (κ2) is 5.76. The molecule has 0 aromatic rings. The summed E-state index contributed by atoms with van der Waals surface area (Å²) >= 11 is 0. The number of ether oxygens (including phenoxy) is 1. The molecule has 0 aliphatic carbocycles. The molecule has 2 saturated heterocycles. The molecule has 0 aromatic carbocycles. The Kier molecular flexibility index (Phi) is 4.24. The number of imide groups is 1. The summed E-state index contributed by atoms with van der Waals surface area (Å²) in [5, 5.41) is 4.81. The van der Waals surface area contributed by atoms with Crippen LogP contribution in [-0.2, 0) is 14.3 Å². The van der Waals surface area contributed by atoms with Crippen molar-refractivity contribution in [2.45, 2.75) is 30.8 Å². The Balaban J connectivity index is 1.90. The van der Waals surface area contributed by atoms with Gasteiger partial charge in [0.05, 0.1) is 12.6 Å². The predicted octanol–water partition coefficient (Wildman–Crippen LogP) is -1.45. The number of nitrogens with two attached hydrogens (primary N) is 1. The number of hydrogen-bond acceptors (Lipinski definition) is 5. The predicted molar refractivity (Wildman–Crippen MR) is 69.7 cm³/mol. The Bertz CT molecular complexity index is 428. The maximum Gasteiger partial charge on any atom is 0.322 e. The molecule has 0 aromatic heterocycles. The molecule has 0 bridgehead atoms. The van der Waals surface area contributed by atoms with Gasteiger partial charge in [-0.15, -0.1) is 0 Å². The fraction of sp³-hybridized carbons (Fsp3) is 0.750. The zero-order valence-electron chi connectivity index (χ0n) is 11.5. The molecule has 8 nitrogen and oxygen atoms in total. The molecule has 1 spiro atoms. The Morgan fingerprint density at radius 3 is 2.90 bits per heavy atom. The molecule has 2 heterocycles. The number of amides is 4. The van der Waals surface area contributed by atoms with Crippen LogP contribution in [-0.4, -0.2) is 61.1 Å². The molecule has 4 N–H and O–H groups in total. The van der Waals surface area contributed by atoms with Crippen molar-refractivity contribution in [3.63, 3.8) is 0 Å². The fourth-order valence-electron chi connectivity index (χ4n) is 2.62. The largest absolute Gasteiger partial charge is 0.385 e. The number of carbonyl (C=O) groups is 3. The van der Waals surface area contributed by atoms with Gasteiger partial charge >= 0.3 is 6.03 Å². The molecular weight excluding hydrogens is 264 g/mol. The van der Waals surface area contributed by atoms with E-state index in [1.165, 1.54) is 0 Å². The summed E-state index contributed by atoms with van der Waals surface area (Å²) in [5.41, 5.74) is 4.88. The van der Waals surface area contributed by atoms with Crippen molar-refractivity contribution < 1.29 is 19.1 Å². The summed E-state index contributed by atoms with van der Waals surface area (Å²) in [6.07, 6.45) is 1.66. The highest BCUT2D eigenvalue weighted by Gasteiger charge is 2.51. The lowest BCUT2D eigenvalue weighted by Crippen LogP contribution is -2.51. The molecule has 2 atom stereocenters. The van der Waals surface area contributed by atoms with Crippen LogP contribution in [0, 0.1) is 0 Å². The number of nitrogens with one attached hydrogen (secondary N) is 2. The van der Waals surface area contributed by atoms with Crippen LogP contribution in [0.25, 0.3) is 0 Å². The zero-order chi connectivity index (χ0) is 14.8. The number of likely N-dealkylation sites (tertiary alicyclic amines) is 1. The SMILES string of the molecule is COCCCC(N)C(=O)N1CCC2(C1)NC(=O)NC2=O. The highest BCUT2D eigenvalue weighted by Crippen LogP contribution is 2.25. The number of rotatable bonds is 5. The van der Waals surface area contributed by atoms with E-state index in [0.717, 1.165) is 0 Å². The summed E-state index contributed by atoms with van der Waals surface area (Å²) in [7, 11) is 1.60. The third kappa shape index (κ3) is 2.75. The summed E-state index contributed by atoms with van der Waals surface area (Å²) in [4.78, 5) is 36.7. The lowest BCUT2D eigenvalue weighted by Gasteiger charge is -2.23. The van der Waals surface area contributed by atoms with Gasteiger partial charge in [0, 0.05) is 20.3 Å². The molecule has 0 radical (unpaired) electrons.